The van der Waals surface area contributed by atoms with E-state index in [1.165, 1.54) is 43.2 Å². The molecule has 0 aliphatic heterocycles. The number of hydrogen-bond acceptors (Lipinski definition) is 2. The zero-order valence-corrected chi connectivity index (χ0v) is 11.1. The molecule has 2 nitrogen and oxygen atoms in total. The third-order valence-electron chi connectivity index (χ3n) is 3.97. The Morgan fingerprint density at radius 2 is 1.76 bits per heavy atom. The smallest absolute Gasteiger partial charge is 0.0576 e. The normalized spacial score (nSPS) is 17.1. The maximum absolute atomic E-state index is 6.04. The Bertz CT molecular complexity index is 379. The van der Waals surface area contributed by atoms with Crippen molar-refractivity contribution < 1.29 is 0 Å². The van der Waals surface area contributed by atoms with E-state index in [-0.39, 0.29) is 0 Å². The molecule has 0 atom stereocenters. The summed E-state index contributed by atoms with van der Waals surface area (Å²) in [5.41, 5.74) is 10.6. The lowest BCUT2D eigenvalue weighted by Gasteiger charge is -2.23. The highest BCUT2D eigenvalue weighted by Crippen LogP contribution is 2.26. The van der Waals surface area contributed by atoms with Crippen LogP contribution >= 0.6 is 0 Å². The van der Waals surface area contributed by atoms with Crippen LogP contribution in [0.25, 0.3) is 0 Å². The molecule has 0 radical (unpaired) electrons. The minimum Gasteiger partial charge on any atom is -0.397 e. The Morgan fingerprint density at radius 1 is 1.12 bits per heavy atom. The first-order valence-corrected chi connectivity index (χ1v) is 6.77. The Kier molecular flexibility index (Phi) is 3.93. The van der Waals surface area contributed by atoms with Gasteiger partial charge in [0.2, 0.25) is 0 Å². The minimum absolute atomic E-state index is 0.838. The molecular weight excluding hydrogens is 208 g/mol. The van der Waals surface area contributed by atoms with Gasteiger partial charge in [-0.2, -0.15) is 0 Å². The molecule has 1 fully saturated rings. The Balaban J connectivity index is 1.96. The van der Waals surface area contributed by atoms with Crippen LogP contribution in [-0.2, 0) is 0 Å². The molecule has 1 saturated carbocycles. The lowest BCUT2D eigenvalue weighted by molar-refractivity contribution is 0.373. The van der Waals surface area contributed by atoms with E-state index in [9.17, 15) is 0 Å². The molecule has 0 heterocycles. The minimum atomic E-state index is 0.838. The standard InChI is InChI=1S/C15H24N2/c1-11-8-14(16)15(9-12(11)2)17-10-13-6-4-3-5-7-13/h8-9,13,17H,3-7,10,16H2,1-2H3. The molecule has 2 heteroatoms. The number of nitrogen functional groups attached to an aromatic ring is 1. The fourth-order valence-corrected chi connectivity index (χ4v) is 2.64. The van der Waals surface area contributed by atoms with E-state index in [2.05, 4.69) is 31.3 Å². The third-order valence-corrected chi connectivity index (χ3v) is 3.97. The van der Waals surface area contributed by atoms with E-state index in [0.29, 0.717) is 0 Å². The van der Waals surface area contributed by atoms with Crippen LogP contribution in [0.4, 0.5) is 11.4 Å². The molecule has 0 unspecified atom stereocenters. The highest BCUT2D eigenvalue weighted by molar-refractivity contribution is 5.68. The molecule has 1 aromatic rings. The number of nitrogens with two attached hydrogens (primary N) is 1. The molecule has 2 rings (SSSR count). The first-order chi connectivity index (χ1) is 8.16. The highest BCUT2D eigenvalue weighted by atomic mass is 14.9. The summed E-state index contributed by atoms with van der Waals surface area (Å²) in [7, 11) is 0. The van der Waals surface area contributed by atoms with Crippen molar-refractivity contribution in [1.82, 2.24) is 0 Å². The van der Waals surface area contributed by atoms with Crippen LogP contribution in [0.1, 0.15) is 43.2 Å². The molecule has 94 valence electrons. The van der Waals surface area contributed by atoms with Crippen LogP contribution in [0.5, 0.6) is 0 Å². The van der Waals surface area contributed by atoms with Crippen molar-refractivity contribution in [3.8, 4) is 0 Å². The average molecular weight is 232 g/mol. The van der Waals surface area contributed by atoms with Crippen molar-refractivity contribution in [2.75, 3.05) is 17.6 Å². The van der Waals surface area contributed by atoms with E-state index in [0.717, 1.165) is 23.8 Å². The summed E-state index contributed by atoms with van der Waals surface area (Å²) >= 11 is 0. The number of anilines is 2. The number of aryl methyl sites for hydroxylation is 2. The summed E-state index contributed by atoms with van der Waals surface area (Å²) in [5, 5.41) is 3.53. The molecule has 0 bridgehead atoms. The summed E-state index contributed by atoms with van der Waals surface area (Å²) in [6.07, 6.45) is 6.96. The van der Waals surface area contributed by atoms with Crippen molar-refractivity contribution in [2.45, 2.75) is 46.0 Å². The average Bonchev–Trinajstić information content (AvgIpc) is 2.33. The predicted molar refractivity (Wildman–Crippen MR) is 75.4 cm³/mol. The summed E-state index contributed by atoms with van der Waals surface area (Å²) in [4.78, 5) is 0. The number of hydrogen-bond donors (Lipinski definition) is 2. The summed E-state index contributed by atoms with van der Waals surface area (Å²) in [5.74, 6) is 0.838. The van der Waals surface area contributed by atoms with Gasteiger partial charge < -0.3 is 11.1 Å². The zero-order valence-electron chi connectivity index (χ0n) is 11.1. The van der Waals surface area contributed by atoms with Crippen LogP contribution in [0.3, 0.4) is 0 Å². The Hall–Kier alpha value is -1.18. The molecule has 1 aliphatic carbocycles. The topological polar surface area (TPSA) is 38.0 Å². The fraction of sp³-hybridized carbons (Fsp3) is 0.600. The van der Waals surface area contributed by atoms with Crippen molar-refractivity contribution in [1.29, 1.82) is 0 Å². The zero-order chi connectivity index (χ0) is 12.3. The first-order valence-electron chi connectivity index (χ1n) is 6.77. The van der Waals surface area contributed by atoms with Gasteiger partial charge in [-0.1, -0.05) is 19.3 Å². The van der Waals surface area contributed by atoms with Crippen molar-refractivity contribution in [3.63, 3.8) is 0 Å². The molecule has 17 heavy (non-hydrogen) atoms. The second kappa shape index (κ2) is 5.44. The van der Waals surface area contributed by atoms with Gasteiger partial charge in [0.1, 0.15) is 0 Å². The van der Waals surface area contributed by atoms with Gasteiger partial charge in [-0.15, -0.1) is 0 Å². The maximum atomic E-state index is 6.04. The van der Waals surface area contributed by atoms with Gasteiger partial charge in [-0.25, -0.2) is 0 Å². The van der Waals surface area contributed by atoms with E-state index >= 15 is 0 Å². The second-order valence-corrected chi connectivity index (χ2v) is 5.41. The summed E-state index contributed by atoms with van der Waals surface area (Å²) < 4.78 is 0. The predicted octanol–water partition coefficient (Wildman–Crippen LogP) is 3.88. The number of nitrogens with one attached hydrogen (secondary N) is 1. The van der Waals surface area contributed by atoms with Gasteiger partial charge in [0.25, 0.3) is 0 Å². The molecule has 0 amide bonds. The molecule has 0 spiro atoms. The quantitative estimate of drug-likeness (QED) is 0.776. The van der Waals surface area contributed by atoms with Crippen LogP contribution in [0, 0.1) is 19.8 Å². The molecular formula is C15H24N2. The van der Waals surface area contributed by atoms with Crippen molar-refractivity contribution in [3.05, 3.63) is 23.3 Å². The summed E-state index contributed by atoms with van der Waals surface area (Å²) in [6.45, 7) is 5.32. The monoisotopic (exact) mass is 232 g/mol. The Labute approximate surface area is 105 Å². The van der Waals surface area contributed by atoms with Gasteiger partial charge in [0, 0.05) is 6.54 Å². The van der Waals surface area contributed by atoms with Gasteiger partial charge >= 0.3 is 0 Å². The fourth-order valence-electron chi connectivity index (χ4n) is 2.64. The third kappa shape index (κ3) is 3.15. The van der Waals surface area contributed by atoms with Gasteiger partial charge in [0.05, 0.1) is 11.4 Å². The van der Waals surface area contributed by atoms with Crippen LogP contribution in [0.2, 0.25) is 0 Å². The molecule has 1 aromatic carbocycles. The number of benzene rings is 1. The lowest BCUT2D eigenvalue weighted by Crippen LogP contribution is -2.17. The van der Waals surface area contributed by atoms with Crippen molar-refractivity contribution in [2.24, 2.45) is 5.92 Å². The van der Waals surface area contributed by atoms with E-state index in [1.54, 1.807) is 0 Å². The van der Waals surface area contributed by atoms with Crippen LogP contribution in [0.15, 0.2) is 12.1 Å². The number of rotatable bonds is 3. The van der Waals surface area contributed by atoms with Crippen LogP contribution < -0.4 is 11.1 Å². The van der Waals surface area contributed by atoms with E-state index < -0.39 is 0 Å². The first kappa shape index (κ1) is 12.3. The molecule has 0 saturated heterocycles. The second-order valence-electron chi connectivity index (χ2n) is 5.41. The van der Waals surface area contributed by atoms with E-state index in [4.69, 9.17) is 5.73 Å². The SMILES string of the molecule is Cc1cc(N)c(NCC2CCCCC2)cc1C. The van der Waals surface area contributed by atoms with Gasteiger partial charge in [0.15, 0.2) is 0 Å². The van der Waals surface area contributed by atoms with E-state index in [1.807, 2.05) is 0 Å². The largest absolute Gasteiger partial charge is 0.397 e. The maximum Gasteiger partial charge on any atom is 0.0576 e. The molecule has 0 aromatic heterocycles. The van der Waals surface area contributed by atoms with Crippen LogP contribution in [-0.4, -0.2) is 6.54 Å². The summed E-state index contributed by atoms with van der Waals surface area (Å²) in [6, 6.07) is 4.24. The van der Waals surface area contributed by atoms with Gasteiger partial charge in [-0.05, 0) is 55.9 Å². The molecule has 1 aliphatic rings. The molecule has 3 N–H and O–H groups in total. The lowest BCUT2D eigenvalue weighted by atomic mass is 9.89. The Morgan fingerprint density at radius 3 is 2.47 bits per heavy atom. The highest BCUT2D eigenvalue weighted by Gasteiger charge is 2.13. The van der Waals surface area contributed by atoms with Crippen molar-refractivity contribution >= 4 is 11.4 Å². The van der Waals surface area contributed by atoms with Gasteiger partial charge in [-0.3, -0.25) is 0 Å².